The van der Waals surface area contributed by atoms with Crippen molar-refractivity contribution >= 4 is 12.0 Å². The number of benzene rings is 1. The van der Waals surface area contributed by atoms with Crippen molar-refractivity contribution in [2.24, 2.45) is 11.8 Å². The van der Waals surface area contributed by atoms with E-state index in [0.717, 1.165) is 12.0 Å². The summed E-state index contributed by atoms with van der Waals surface area (Å²) in [4.78, 5) is 27.1. The molecule has 2 unspecified atom stereocenters. The molecule has 0 saturated carbocycles. The normalized spacial score (nSPS) is 18.4. The lowest BCUT2D eigenvalue weighted by Crippen LogP contribution is -2.42. The molecule has 2 atom stereocenters. The monoisotopic (exact) mass is 361 g/mol. The average molecular weight is 361 g/mol. The number of hydrogen-bond donors (Lipinski definition) is 2. The van der Waals surface area contributed by atoms with Gasteiger partial charge in [0, 0.05) is 19.6 Å². The van der Waals surface area contributed by atoms with Gasteiger partial charge in [0.05, 0.1) is 12.0 Å². The first kappa shape index (κ1) is 20.2. The van der Waals surface area contributed by atoms with Crippen LogP contribution in [0.5, 0.6) is 0 Å². The van der Waals surface area contributed by atoms with Gasteiger partial charge < -0.3 is 20.2 Å². The Morgan fingerprint density at radius 3 is 2.42 bits per heavy atom. The molecule has 0 aliphatic carbocycles. The fraction of sp³-hybridized carbons (Fsp3) is 0.600. The summed E-state index contributed by atoms with van der Waals surface area (Å²) in [5, 5.41) is 12.0. The van der Waals surface area contributed by atoms with Gasteiger partial charge in [0.1, 0.15) is 0 Å². The Morgan fingerprint density at radius 2 is 1.92 bits per heavy atom. The van der Waals surface area contributed by atoms with Gasteiger partial charge in [-0.25, -0.2) is 4.79 Å². The first-order chi connectivity index (χ1) is 12.3. The molecule has 2 N–H and O–H groups in total. The number of likely N-dealkylation sites (N-methyl/N-ethyl adjacent to an activating group) is 1. The smallest absolute Gasteiger partial charge is 0.317 e. The molecule has 1 fully saturated rings. The van der Waals surface area contributed by atoms with Gasteiger partial charge in [0.2, 0.25) is 0 Å². The van der Waals surface area contributed by atoms with Gasteiger partial charge in [-0.05, 0) is 44.0 Å². The highest BCUT2D eigenvalue weighted by Gasteiger charge is 2.31. The van der Waals surface area contributed by atoms with Crippen LogP contribution in [0, 0.1) is 11.8 Å². The molecule has 6 heteroatoms. The second-order valence-corrected chi connectivity index (χ2v) is 7.77. The highest BCUT2D eigenvalue weighted by atomic mass is 16.4. The molecule has 0 radical (unpaired) electrons. The van der Waals surface area contributed by atoms with E-state index in [4.69, 9.17) is 5.11 Å². The van der Waals surface area contributed by atoms with Gasteiger partial charge in [-0.2, -0.15) is 0 Å². The number of aliphatic carboxylic acids is 1. The van der Waals surface area contributed by atoms with Crippen LogP contribution in [0.3, 0.4) is 0 Å². The quantitative estimate of drug-likeness (QED) is 0.783. The molecule has 144 valence electrons. The van der Waals surface area contributed by atoms with E-state index in [0.29, 0.717) is 25.4 Å². The molecule has 1 aromatic carbocycles. The van der Waals surface area contributed by atoms with E-state index in [1.807, 2.05) is 14.1 Å². The largest absolute Gasteiger partial charge is 0.481 e. The number of nitrogens with zero attached hydrogens (tertiary/aromatic N) is 2. The maximum absolute atomic E-state index is 12.4. The Balaban J connectivity index is 1.94. The molecular weight excluding hydrogens is 330 g/mol. The molecule has 2 amide bonds. The number of hydrogen-bond acceptors (Lipinski definition) is 3. The van der Waals surface area contributed by atoms with Crippen molar-refractivity contribution in [1.29, 1.82) is 0 Å². The van der Waals surface area contributed by atoms with Crippen LogP contribution in [-0.2, 0) is 11.2 Å². The van der Waals surface area contributed by atoms with E-state index in [9.17, 15) is 9.59 Å². The third-order valence-corrected chi connectivity index (χ3v) is 4.90. The minimum atomic E-state index is -0.826. The van der Waals surface area contributed by atoms with E-state index in [1.54, 1.807) is 4.90 Å². The molecule has 1 saturated heterocycles. The van der Waals surface area contributed by atoms with Crippen LogP contribution in [0.4, 0.5) is 4.79 Å². The van der Waals surface area contributed by atoms with Crippen molar-refractivity contribution in [3.8, 4) is 0 Å². The summed E-state index contributed by atoms with van der Waals surface area (Å²) >= 11 is 0. The number of nitrogens with one attached hydrogen (secondary N) is 1. The van der Waals surface area contributed by atoms with Crippen LogP contribution in [-0.4, -0.2) is 60.6 Å². The van der Waals surface area contributed by atoms with Crippen LogP contribution >= 0.6 is 0 Å². The molecule has 26 heavy (non-hydrogen) atoms. The summed E-state index contributed by atoms with van der Waals surface area (Å²) in [7, 11) is 3.99. The summed E-state index contributed by atoms with van der Waals surface area (Å²) in [6.45, 7) is 5.69. The standard InChI is InChI=1S/C20H31N3O3/c1-14(2)11-15-5-7-16(8-6-15)18(22(3)4)12-21-20(26)23-10-9-17(13-23)19(24)25/h5-8,14,17-18H,9-13H2,1-4H3,(H,21,26)(H,24,25). The lowest BCUT2D eigenvalue weighted by atomic mass is 9.99. The average Bonchev–Trinajstić information content (AvgIpc) is 3.06. The van der Waals surface area contributed by atoms with E-state index in [2.05, 4.69) is 48.3 Å². The predicted molar refractivity (Wildman–Crippen MR) is 102 cm³/mol. The van der Waals surface area contributed by atoms with Gasteiger partial charge in [-0.3, -0.25) is 4.79 Å². The van der Waals surface area contributed by atoms with Crippen LogP contribution in [0.2, 0.25) is 0 Å². The molecule has 6 nitrogen and oxygen atoms in total. The second kappa shape index (κ2) is 9.03. The number of rotatable bonds is 7. The maximum atomic E-state index is 12.4. The Hall–Kier alpha value is -2.08. The van der Waals surface area contributed by atoms with Gasteiger partial charge >= 0.3 is 12.0 Å². The summed E-state index contributed by atoms with van der Waals surface area (Å²) in [6.07, 6.45) is 1.58. The van der Waals surface area contributed by atoms with Crippen LogP contribution in [0.15, 0.2) is 24.3 Å². The molecule has 1 heterocycles. The number of likely N-dealkylation sites (tertiary alicyclic amines) is 1. The van der Waals surface area contributed by atoms with Crippen molar-refractivity contribution in [3.63, 3.8) is 0 Å². The second-order valence-electron chi connectivity index (χ2n) is 7.77. The van der Waals surface area contributed by atoms with Crippen molar-refractivity contribution < 1.29 is 14.7 Å². The molecule has 0 bridgehead atoms. The SMILES string of the molecule is CC(C)Cc1ccc(C(CNC(=O)N2CCC(C(=O)O)C2)N(C)C)cc1. The number of urea groups is 1. The lowest BCUT2D eigenvalue weighted by Gasteiger charge is -2.27. The fourth-order valence-electron chi connectivity index (χ4n) is 3.39. The zero-order chi connectivity index (χ0) is 19.3. The third-order valence-electron chi connectivity index (χ3n) is 4.90. The summed E-state index contributed by atoms with van der Waals surface area (Å²) in [6, 6.07) is 8.47. The molecule has 2 rings (SSSR count). The van der Waals surface area contributed by atoms with E-state index in [-0.39, 0.29) is 18.6 Å². The van der Waals surface area contributed by atoms with E-state index >= 15 is 0 Å². The van der Waals surface area contributed by atoms with Crippen molar-refractivity contribution in [2.45, 2.75) is 32.7 Å². The molecular formula is C20H31N3O3. The topological polar surface area (TPSA) is 72.9 Å². The zero-order valence-electron chi connectivity index (χ0n) is 16.2. The van der Waals surface area contributed by atoms with Gasteiger partial charge in [-0.1, -0.05) is 38.1 Å². The number of carbonyl (C=O) groups excluding carboxylic acids is 1. The Kier molecular flexibility index (Phi) is 7.03. The highest BCUT2D eigenvalue weighted by molar-refractivity contribution is 5.77. The van der Waals surface area contributed by atoms with Gasteiger partial charge in [-0.15, -0.1) is 0 Å². The minimum Gasteiger partial charge on any atom is -0.481 e. The Morgan fingerprint density at radius 1 is 1.27 bits per heavy atom. The maximum Gasteiger partial charge on any atom is 0.317 e. The molecule has 1 aromatic rings. The summed E-state index contributed by atoms with van der Waals surface area (Å²) in [5.41, 5.74) is 2.48. The predicted octanol–water partition coefficient (Wildman–Crippen LogP) is 2.60. The summed E-state index contributed by atoms with van der Waals surface area (Å²) in [5.74, 6) is -0.647. The number of carboxylic acid groups (broad SMARTS) is 1. The first-order valence-electron chi connectivity index (χ1n) is 9.28. The number of amides is 2. The highest BCUT2D eigenvalue weighted by Crippen LogP contribution is 2.20. The number of carboxylic acids is 1. The zero-order valence-corrected chi connectivity index (χ0v) is 16.2. The van der Waals surface area contributed by atoms with Crippen LogP contribution < -0.4 is 5.32 Å². The third kappa shape index (κ3) is 5.46. The fourth-order valence-corrected chi connectivity index (χ4v) is 3.39. The number of carbonyl (C=O) groups is 2. The Bertz CT molecular complexity index is 613. The molecule has 0 aromatic heterocycles. The van der Waals surface area contributed by atoms with Gasteiger partial charge in [0.15, 0.2) is 0 Å². The van der Waals surface area contributed by atoms with Crippen molar-refractivity contribution in [1.82, 2.24) is 15.1 Å². The lowest BCUT2D eigenvalue weighted by molar-refractivity contribution is -0.141. The van der Waals surface area contributed by atoms with Crippen LogP contribution in [0.1, 0.15) is 37.4 Å². The van der Waals surface area contributed by atoms with Crippen molar-refractivity contribution in [2.75, 3.05) is 33.7 Å². The van der Waals surface area contributed by atoms with E-state index < -0.39 is 11.9 Å². The molecule has 0 spiro atoms. The molecule has 1 aliphatic rings. The van der Waals surface area contributed by atoms with Crippen LogP contribution in [0.25, 0.3) is 0 Å². The minimum absolute atomic E-state index is 0.0740. The Labute approximate surface area is 156 Å². The summed E-state index contributed by atoms with van der Waals surface area (Å²) < 4.78 is 0. The van der Waals surface area contributed by atoms with Gasteiger partial charge in [0.25, 0.3) is 0 Å². The molecule has 1 aliphatic heterocycles. The van der Waals surface area contributed by atoms with Crippen molar-refractivity contribution in [3.05, 3.63) is 35.4 Å². The first-order valence-corrected chi connectivity index (χ1v) is 9.28. The van der Waals surface area contributed by atoms with E-state index in [1.165, 1.54) is 5.56 Å².